The fourth-order valence-electron chi connectivity index (χ4n) is 0. The molecule has 0 N–H and O–H groups in total. The molecule has 0 spiro atoms. The van der Waals surface area contributed by atoms with E-state index in [2.05, 4.69) is 18.2 Å². The van der Waals surface area contributed by atoms with Gasteiger partial charge in [-0.3, -0.25) is 0 Å². The first-order valence-electron chi connectivity index (χ1n) is 0.552. The summed E-state index contributed by atoms with van der Waals surface area (Å²) in [6.45, 7) is 4.49. The summed E-state index contributed by atoms with van der Waals surface area (Å²) in [6, 6.07) is 0. The smallest absolute Gasteiger partial charge is 0 e. The van der Waals surface area contributed by atoms with E-state index < -0.39 is 0 Å². The second kappa shape index (κ2) is 9.41. The first-order valence-corrected chi connectivity index (χ1v) is 0.988. The van der Waals surface area contributed by atoms with Gasteiger partial charge in [-0.15, -0.1) is 11.6 Å². The van der Waals surface area contributed by atoms with E-state index in [-0.39, 0.29) is 19.5 Å². The van der Waals surface area contributed by atoms with E-state index in [1.54, 1.807) is 0 Å². The van der Waals surface area contributed by atoms with Crippen LogP contribution in [0.5, 0.6) is 0 Å². The fraction of sp³-hybridized carbons (Fsp3) is 0. The van der Waals surface area contributed by atoms with Crippen molar-refractivity contribution in [2.45, 2.75) is 0 Å². The summed E-state index contributed by atoms with van der Waals surface area (Å²) in [5.41, 5.74) is 0.972. The Morgan fingerprint density at radius 1 is 1.75 bits per heavy atom. The summed E-state index contributed by atoms with van der Waals surface area (Å²) in [6.07, 6.45) is 0. The van der Waals surface area contributed by atoms with Crippen molar-refractivity contribution in [3.63, 3.8) is 0 Å². The Balaban J connectivity index is 0. The predicted molar refractivity (Wildman–Crippen MR) is 14.7 cm³/mol. The molecular weight excluding hydrogens is 125 g/mol. The molecule has 0 fully saturated rings. The number of hydrogen-bond donors (Lipinski definition) is 0. The molecule has 0 atom stereocenters. The van der Waals surface area contributed by atoms with Crippen LogP contribution >= 0.6 is 11.6 Å². The van der Waals surface area contributed by atoms with Crippen molar-refractivity contribution in [2.75, 3.05) is 0 Å². The average molecular weight is 127 g/mol. The minimum Gasteiger partial charge on any atom is -0.502 e. The molecule has 0 saturated heterocycles. The van der Waals surface area contributed by atoms with Crippen molar-refractivity contribution < 1.29 is 19.5 Å². The quantitative estimate of drug-likeness (QED) is 0.338. The molecule has 0 aliphatic carbocycles. The zero-order valence-corrected chi connectivity index (χ0v) is 5.96. The van der Waals surface area contributed by atoms with E-state index in [1.807, 2.05) is 0 Å². The first-order chi connectivity index (χ1) is 1.41. The zero-order chi connectivity index (χ0) is 2.71. The zero-order valence-electron chi connectivity index (χ0n) is 2.24. The molecule has 0 radical (unpaired) electrons. The standard InChI is InChI=1S/C2H2Cl.Zn/c1-2-3;/h1-2H;/q-1;. The van der Waals surface area contributed by atoms with Gasteiger partial charge in [-0.25, -0.2) is 0 Å². The second-order valence-electron chi connectivity index (χ2n) is 0.126. The van der Waals surface area contributed by atoms with E-state index >= 15 is 0 Å². The summed E-state index contributed by atoms with van der Waals surface area (Å²) < 4.78 is 0. The molecule has 0 aromatic carbocycles. The van der Waals surface area contributed by atoms with Gasteiger partial charge >= 0.3 is 0 Å². The summed E-state index contributed by atoms with van der Waals surface area (Å²) in [4.78, 5) is 0. The summed E-state index contributed by atoms with van der Waals surface area (Å²) in [5, 5.41) is 0. The number of hydrogen-bond acceptors (Lipinski definition) is 0. The van der Waals surface area contributed by atoms with Gasteiger partial charge in [-0.05, 0) is 0 Å². The summed E-state index contributed by atoms with van der Waals surface area (Å²) in [5.74, 6) is 0. The minimum atomic E-state index is 0. The summed E-state index contributed by atoms with van der Waals surface area (Å²) >= 11 is 4.65. The van der Waals surface area contributed by atoms with E-state index in [4.69, 9.17) is 0 Å². The topological polar surface area (TPSA) is 0 Å². The number of halogens is 1. The summed E-state index contributed by atoms with van der Waals surface area (Å²) in [7, 11) is 0. The third kappa shape index (κ3) is 17.0. The van der Waals surface area contributed by atoms with Crippen LogP contribution < -0.4 is 0 Å². The molecule has 20 valence electrons. The molecule has 0 amide bonds. The Labute approximate surface area is 43.6 Å². The normalized spacial score (nSPS) is 3.25. The molecule has 0 aliphatic rings. The van der Waals surface area contributed by atoms with Crippen molar-refractivity contribution in [2.24, 2.45) is 0 Å². The molecule has 0 aromatic rings. The molecule has 2 heteroatoms. The van der Waals surface area contributed by atoms with Crippen molar-refractivity contribution in [1.82, 2.24) is 0 Å². The molecule has 0 bridgehead atoms. The molecule has 0 nitrogen and oxygen atoms in total. The molecule has 4 heavy (non-hydrogen) atoms. The van der Waals surface area contributed by atoms with Crippen molar-refractivity contribution >= 4 is 11.6 Å². The van der Waals surface area contributed by atoms with Gasteiger partial charge in [0.25, 0.3) is 0 Å². The van der Waals surface area contributed by atoms with Crippen LogP contribution in [0, 0.1) is 6.58 Å². The van der Waals surface area contributed by atoms with Crippen LogP contribution in [0.2, 0.25) is 0 Å². The Kier molecular flexibility index (Phi) is 20.8. The van der Waals surface area contributed by atoms with Crippen molar-refractivity contribution in [3.05, 3.63) is 12.1 Å². The molecule has 0 rings (SSSR count). The molecular formula is C2H2ClZn-. The monoisotopic (exact) mass is 125 g/mol. The van der Waals surface area contributed by atoms with E-state index in [1.165, 1.54) is 0 Å². The maximum absolute atomic E-state index is 4.65. The third-order valence-electron chi connectivity index (χ3n) is 0. The van der Waals surface area contributed by atoms with Crippen LogP contribution in [-0.4, -0.2) is 0 Å². The minimum absolute atomic E-state index is 0. The Morgan fingerprint density at radius 3 is 1.75 bits per heavy atom. The van der Waals surface area contributed by atoms with Crippen LogP contribution in [0.15, 0.2) is 5.54 Å². The predicted octanol–water partition coefficient (Wildman–Crippen LogP) is 1.17. The fourth-order valence-corrected chi connectivity index (χ4v) is 0. The molecule has 0 aliphatic heterocycles. The molecule has 0 heterocycles. The molecule has 0 aromatic heterocycles. The maximum atomic E-state index is 4.65. The molecule has 0 unspecified atom stereocenters. The van der Waals surface area contributed by atoms with Crippen molar-refractivity contribution in [1.29, 1.82) is 0 Å². The largest absolute Gasteiger partial charge is 0.502 e. The van der Waals surface area contributed by atoms with Crippen LogP contribution in [0.4, 0.5) is 0 Å². The SMILES string of the molecule is [CH-]=CCl.[Zn]. The second-order valence-corrected chi connectivity index (χ2v) is 0.378. The van der Waals surface area contributed by atoms with Crippen LogP contribution in [0.1, 0.15) is 0 Å². The van der Waals surface area contributed by atoms with Crippen molar-refractivity contribution in [3.8, 4) is 0 Å². The van der Waals surface area contributed by atoms with Gasteiger partial charge in [-0.1, -0.05) is 0 Å². The van der Waals surface area contributed by atoms with E-state index in [0.717, 1.165) is 5.54 Å². The van der Waals surface area contributed by atoms with Crippen LogP contribution in [0.3, 0.4) is 0 Å². The van der Waals surface area contributed by atoms with Gasteiger partial charge in [-0.2, -0.15) is 5.54 Å². The van der Waals surface area contributed by atoms with Gasteiger partial charge in [0.05, 0.1) is 0 Å². The van der Waals surface area contributed by atoms with E-state index in [9.17, 15) is 0 Å². The van der Waals surface area contributed by atoms with Gasteiger partial charge in [0.2, 0.25) is 0 Å². The Bertz CT molecular complexity index is 13.5. The first kappa shape index (κ1) is 8.82. The van der Waals surface area contributed by atoms with Gasteiger partial charge < -0.3 is 6.58 Å². The average Bonchev–Trinajstić information content (AvgIpc) is 0.918. The van der Waals surface area contributed by atoms with Crippen LogP contribution in [-0.2, 0) is 19.5 Å². The van der Waals surface area contributed by atoms with Gasteiger partial charge in [0, 0.05) is 19.5 Å². The van der Waals surface area contributed by atoms with E-state index in [0.29, 0.717) is 0 Å². The Hall–Kier alpha value is 0.653. The Morgan fingerprint density at radius 2 is 1.75 bits per heavy atom. The third-order valence-corrected chi connectivity index (χ3v) is 0. The van der Waals surface area contributed by atoms with Crippen LogP contribution in [0.25, 0.3) is 0 Å². The maximum Gasteiger partial charge on any atom is 0 e. The molecule has 0 saturated carbocycles. The van der Waals surface area contributed by atoms with Gasteiger partial charge in [0.15, 0.2) is 0 Å². The van der Waals surface area contributed by atoms with Gasteiger partial charge in [0.1, 0.15) is 0 Å². The number of rotatable bonds is 0.